The Hall–Kier alpha value is -5.20. The second-order valence-electron chi connectivity index (χ2n) is 27.8. The van der Waals surface area contributed by atoms with Crippen LogP contribution in [-0.2, 0) is 32.5 Å². The van der Waals surface area contributed by atoms with Crippen molar-refractivity contribution in [3.8, 4) is 33.4 Å². The fourth-order valence-electron chi connectivity index (χ4n) is 11.2. The molecule has 1 saturated carbocycles. The number of hydrogen-bond acceptors (Lipinski definition) is 0. The highest BCUT2D eigenvalue weighted by atomic mass is 14.4. The molecule has 0 amide bonds. The van der Waals surface area contributed by atoms with E-state index in [0.29, 0.717) is 0 Å². The SMILES string of the molecule is C=CC1=C(/C=C(\C)c2cc(C(C)(C)C)cc3c2-c2ccc(C(C)(C)C)cc2C3(C)C)c2cccc3c(-c4cc(C(C)(C)C)cc5c4-c4ccc(C(C)(C)C)cc4C5(C)C)ccc1c23.CC.CC.CC.CC.CC.CC.CC(C)C.CC1CC1. The van der Waals surface area contributed by atoms with Gasteiger partial charge in [-0.1, -0.05) is 338 Å². The first kappa shape index (κ1) is 73.9. The van der Waals surface area contributed by atoms with Gasteiger partial charge in [-0.2, -0.15) is 0 Å². The van der Waals surface area contributed by atoms with Gasteiger partial charge in [0.2, 0.25) is 0 Å². The van der Waals surface area contributed by atoms with E-state index in [1.165, 1.54) is 135 Å². The molecule has 0 aliphatic heterocycles. The third-order valence-corrected chi connectivity index (χ3v) is 16.1. The quantitative estimate of drug-likeness (QED) is 0.165. The van der Waals surface area contributed by atoms with Gasteiger partial charge in [-0.3, -0.25) is 0 Å². The van der Waals surface area contributed by atoms with Crippen LogP contribution >= 0.6 is 0 Å². The first-order chi connectivity index (χ1) is 38.8. The molecular weight excluding hydrogens is 997 g/mol. The first-order valence-corrected chi connectivity index (χ1v) is 33.1. The van der Waals surface area contributed by atoms with Crippen LogP contribution < -0.4 is 0 Å². The van der Waals surface area contributed by atoms with E-state index in [1.807, 2.05) is 83.1 Å². The fraction of sp³-hybridized carbons (Fsp3) is 0.518. The molecule has 4 aliphatic rings. The fourth-order valence-corrected chi connectivity index (χ4v) is 11.2. The first-order valence-electron chi connectivity index (χ1n) is 33.1. The summed E-state index contributed by atoms with van der Waals surface area (Å²) in [5.41, 5.74) is 27.0. The molecule has 0 aromatic heterocycles. The molecule has 0 spiro atoms. The summed E-state index contributed by atoms with van der Waals surface area (Å²) in [6.07, 6.45) is 7.55. The standard InChI is InChI=1S/C63H70.C4H8.C4H10.6C2H6/c1-19-41-45-28-27-42(50-31-40(61(12,13)14)35-54-57(50)47-26-24-38(59(6,7)8)33-52(47)63(54,17)18)43-21-20-22-44(55(43)45)49(41)29-36(2)48-30-39(60(9,10)11)34-53-56(48)46-25-23-37(58(3,4)5)32-51(46)62(53,15)16;1-4-2-3-4;1-4(2)3;6*1-2/h19-35H,1H2,2-18H3;4H,2-3H2,1H3;4H,1-3H3;6*1-2H3/b36-29+;;;;;;;;. The molecule has 1 fully saturated rings. The van der Waals surface area contributed by atoms with E-state index in [-0.39, 0.29) is 32.5 Å². The second-order valence-corrected chi connectivity index (χ2v) is 27.8. The van der Waals surface area contributed by atoms with Gasteiger partial charge in [0.1, 0.15) is 0 Å². The van der Waals surface area contributed by atoms with Crippen molar-refractivity contribution in [3.63, 3.8) is 0 Å². The van der Waals surface area contributed by atoms with Crippen LogP contribution in [0, 0.1) is 11.8 Å². The maximum atomic E-state index is 4.47. The molecule has 6 aromatic carbocycles. The van der Waals surface area contributed by atoms with Gasteiger partial charge in [0.15, 0.2) is 0 Å². The molecule has 0 heteroatoms. The van der Waals surface area contributed by atoms with Gasteiger partial charge < -0.3 is 0 Å². The Morgan fingerprint density at radius 2 is 0.795 bits per heavy atom. The summed E-state index contributed by atoms with van der Waals surface area (Å²) in [5, 5.41) is 2.63. The van der Waals surface area contributed by atoms with Gasteiger partial charge in [0.05, 0.1) is 0 Å². The van der Waals surface area contributed by atoms with E-state index in [0.717, 1.165) is 11.8 Å². The lowest BCUT2D eigenvalue weighted by atomic mass is 9.76. The molecule has 0 heterocycles. The molecule has 83 heavy (non-hydrogen) atoms. The van der Waals surface area contributed by atoms with Crippen LogP contribution in [0.3, 0.4) is 0 Å². The predicted molar refractivity (Wildman–Crippen MR) is 383 cm³/mol. The summed E-state index contributed by atoms with van der Waals surface area (Å²) < 4.78 is 0. The number of rotatable bonds is 4. The van der Waals surface area contributed by atoms with Crippen LogP contribution in [-0.4, -0.2) is 0 Å². The minimum absolute atomic E-state index is 0.00229. The zero-order chi connectivity index (χ0) is 64.3. The molecule has 6 aromatic rings. The highest BCUT2D eigenvalue weighted by Gasteiger charge is 2.41. The van der Waals surface area contributed by atoms with Crippen LogP contribution in [0.4, 0.5) is 0 Å². The minimum Gasteiger partial charge on any atom is -0.0984 e. The smallest absolute Gasteiger partial charge is 0.0159 e. The molecule has 0 atom stereocenters. The van der Waals surface area contributed by atoms with Crippen molar-refractivity contribution < 1.29 is 0 Å². The van der Waals surface area contributed by atoms with Crippen LogP contribution in [0.5, 0.6) is 0 Å². The van der Waals surface area contributed by atoms with Crippen molar-refractivity contribution in [3.05, 3.63) is 171 Å². The Morgan fingerprint density at radius 3 is 1.19 bits per heavy atom. The summed E-state index contributed by atoms with van der Waals surface area (Å²) in [5.74, 6) is 1.92. The Balaban J connectivity index is 0.00000104. The average molecular weight is 1120 g/mol. The normalized spacial score (nSPS) is 14.6. The maximum Gasteiger partial charge on any atom is 0.0159 e. The lowest BCUT2D eigenvalue weighted by Gasteiger charge is -2.27. The highest BCUT2D eigenvalue weighted by molar-refractivity contribution is 6.22. The number of benzene rings is 6. The van der Waals surface area contributed by atoms with Crippen LogP contribution in [0.25, 0.3) is 60.9 Å². The molecule has 0 N–H and O–H groups in total. The third-order valence-electron chi connectivity index (χ3n) is 16.1. The molecular formula is C83H124. The van der Waals surface area contributed by atoms with E-state index in [9.17, 15) is 0 Å². The van der Waals surface area contributed by atoms with Gasteiger partial charge in [-0.25, -0.2) is 0 Å². The molecule has 0 nitrogen and oxygen atoms in total. The second kappa shape index (κ2) is 29.7. The van der Waals surface area contributed by atoms with Crippen molar-refractivity contribution in [1.29, 1.82) is 0 Å². The average Bonchev–Trinajstić information content (AvgIpc) is 4.30. The molecule has 0 bridgehead atoms. The number of allylic oxidation sites excluding steroid dienone is 5. The number of fused-ring (bicyclic) bond motifs is 6. The maximum absolute atomic E-state index is 4.47. The van der Waals surface area contributed by atoms with Crippen molar-refractivity contribution in [1.82, 2.24) is 0 Å². The van der Waals surface area contributed by atoms with Crippen LogP contribution in [0.15, 0.2) is 110 Å². The monoisotopic (exact) mass is 1120 g/mol. The minimum atomic E-state index is -0.126. The van der Waals surface area contributed by atoms with Gasteiger partial charge in [0, 0.05) is 10.8 Å². The lowest BCUT2D eigenvalue weighted by molar-refractivity contribution is 0.579. The topological polar surface area (TPSA) is 0 Å². The third kappa shape index (κ3) is 15.8. The summed E-state index contributed by atoms with van der Waals surface area (Å²) in [6.45, 7) is 77.4. The summed E-state index contributed by atoms with van der Waals surface area (Å²) in [4.78, 5) is 0. The van der Waals surface area contributed by atoms with Crippen molar-refractivity contribution in [2.75, 3.05) is 0 Å². The zero-order valence-electron chi connectivity index (χ0n) is 60.1. The van der Waals surface area contributed by atoms with Crippen molar-refractivity contribution in [2.24, 2.45) is 11.8 Å². The summed E-state index contributed by atoms with van der Waals surface area (Å²) in [6, 6.07) is 36.4. The lowest BCUT2D eigenvalue weighted by Crippen LogP contribution is -2.19. The highest BCUT2D eigenvalue weighted by Crippen LogP contribution is 2.57. The van der Waals surface area contributed by atoms with E-state index in [4.69, 9.17) is 0 Å². The van der Waals surface area contributed by atoms with Gasteiger partial charge >= 0.3 is 0 Å². The van der Waals surface area contributed by atoms with Gasteiger partial charge in [0.25, 0.3) is 0 Å². The molecule has 4 aliphatic carbocycles. The Labute approximate surface area is 514 Å². The number of hydrogen-bond donors (Lipinski definition) is 0. The Bertz CT molecular complexity index is 3160. The predicted octanol–water partition coefficient (Wildman–Crippen LogP) is 27.1. The van der Waals surface area contributed by atoms with Crippen LogP contribution in [0.2, 0.25) is 0 Å². The van der Waals surface area contributed by atoms with Gasteiger partial charge in [-0.05, 0) is 169 Å². The summed E-state index contributed by atoms with van der Waals surface area (Å²) in [7, 11) is 0. The van der Waals surface area contributed by atoms with E-state index in [1.54, 1.807) is 0 Å². The Kier molecular flexibility index (Phi) is 26.5. The van der Waals surface area contributed by atoms with Crippen LogP contribution in [0.1, 0.15) is 303 Å². The van der Waals surface area contributed by atoms with Crippen molar-refractivity contribution in [2.45, 2.75) is 274 Å². The zero-order valence-corrected chi connectivity index (χ0v) is 60.1. The molecule has 0 saturated heterocycles. The van der Waals surface area contributed by atoms with E-state index < -0.39 is 0 Å². The summed E-state index contributed by atoms with van der Waals surface area (Å²) >= 11 is 0. The van der Waals surface area contributed by atoms with Crippen molar-refractivity contribution >= 4 is 27.5 Å². The largest absolute Gasteiger partial charge is 0.0984 e. The Morgan fingerprint density at radius 1 is 0.446 bits per heavy atom. The molecule has 0 radical (unpaired) electrons. The van der Waals surface area contributed by atoms with Gasteiger partial charge in [-0.15, -0.1) is 0 Å². The molecule has 0 unspecified atom stereocenters. The van der Waals surface area contributed by atoms with E-state index in [2.05, 4.69) is 255 Å². The molecule has 10 rings (SSSR count). The van der Waals surface area contributed by atoms with E-state index >= 15 is 0 Å². The molecule has 456 valence electrons.